The summed E-state index contributed by atoms with van der Waals surface area (Å²) in [5, 5.41) is 0. The highest BCUT2D eigenvalue weighted by molar-refractivity contribution is 5.05. The van der Waals surface area contributed by atoms with Crippen LogP contribution in [0.15, 0.2) is 0 Å². The van der Waals surface area contributed by atoms with Crippen molar-refractivity contribution in [3.63, 3.8) is 0 Å². The lowest BCUT2D eigenvalue weighted by Crippen LogP contribution is -2.18. The molecule has 0 N–H and O–H groups in total. The molecule has 0 aromatic heterocycles. The van der Waals surface area contributed by atoms with Crippen molar-refractivity contribution in [1.82, 2.24) is 0 Å². The smallest absolute Gasteiger partial charge is 0.209 e. The third kappa shape index (κ3) is 2.41. The molecule has 9 heavy (non-hydrogen) atoms. The summed E-state index contributed by atoms with van der Waals surface area (Å²) >= 11 is 0. The zero-order valence-electron chi connectivity index (χ0n) is 5.21. The molecule has 0 radical (unpaired) electrons. The fraction of sp³-hybridized carbons (Fsp3) is 0.667. The molecule has 0 spiro atoms. The number of rotatable bonds is 1. The lowest BCUT2D eigenvalue weighted by molar-refractivity contribution is 0.0567. The van der Waals surface area contributed by atoms with Gasteiger partial charge in [0.2, 0.25) is 0 Å². The minimum atomic E-state index is -2.60. The monoisotopic (exact) mass is 136 g/mol. The number of hydrogen-bond acceptors (Lipinski definition) is 0. The van der Waals surface area contributed by atoms with Crippen LogP contribution in [0.5, 0.6) is 0 Å². The summed E-state index contributed by atoms with van der Waals surface area (Å²) in [6, 6.07) is 0. The molecule has 3 heteroatoms. The Hall–Kier alpha value is -0.650. The van der Waals surface area contributed by atoms with Crippen LogP contribution in [0.3, 0.4) is 0 Å². The molecule has 0 aliphatic heterocycles. The van der Waals surface area contributed by atoms with Crippen LogP contribution in [-0.2, 0) is 0 Å². The van der Waals surface area contributed by atoms with E-state index in [0.29, 0.717) is 0 Å². The van der Waals surface area contributed by atoms with E-state index in [1.807, 2.05) is 0 Å². The lowest BCUT2D eigenvalue weighted by Gasteiger charge is -2.13. The first-order valence-corrected chi connectivity index (χ1v) is 2.41. The van der Waals surface area contributed by atoms with Crippen molar-refractivity contribution < 1.29 is 13.2 Å². The summed E-state index contributed by atoms with van der Waals surface area (Å²) in [5.41, 5.74) is -1.52. The molecule has 0 nitrogen and oxygen atoms in total. The van der Waals surface area contributed by atoms with E-state index in [4.69, 9.17) is 0 Å². The topological polar surface area (TPSA) is 0 Å². The van der Waals surface area contributed by atoms with Gasteiger partial charge in [-0.25, -0.2) is 8.78 Å². The van der Waals surface area contributed by atoms with E-state index in [1.165, 1.54) is 13.8 Å². The summed E-state index contributed by atoms with van der Waals surface area (Å²) in [6.07, 6.45) is -1.64. The predicted molar refractivity (Wildman–Crippen MR) is 28.7 cm³/mol. The van der Waals surface area contributed by atoms with Gasteiger partial charge in [-0.1, -0.05) is 5.92 Å². The summed E-state index contributed by atoms with van der Waals surface area (Å²) in [4.78, 5) is 0. The summed E-state index contributed by atoms with van der Waals surface area (Å²) in [5.74, 6) is 1.75. The second-order valence-corrected chi connectivity index (χ2v) is 2.24. The Morgan fingerprint density at radius 1 is 1.33 bits per heavy atom. The molecule has 0 aliphatic rings. The van der Waals surface area contributed by atoms with E-state index in [1.54, 1.807) is 5.92 Å². The van der Waals surface area contributed by atoms with E-state index in [9.17, 15) is 13.2 Å². The van der Waals surface area contributed by atoms with Crippen LogP contribution >= 0.6 is 0 Å². The first-order valence-electron chi connectivity index (χ1n) is 2.41. The molecule has 0 aromatic carbocycles. The van der Waals surface area contributed by atoms with Gasteiger partial charge in [0.1, 0.15) is 6.17 Å². The Labute approximate surface area is 52.1 Å². The van der Waals surface area contributed by atoms with Crippen LogP contribution in [0.1, 0.15) is 13.8 Å². The second-order valence-electron chi connectivity index (χ2n) is 2.24. The molecule has 0 atom stereocenters. The molecule has 0 saturated carbocycles. The highest BCUT2D eigenvalue weighted by atomic mass is 19.3. The van der Waals surface area contributed by atoms with E-state index in [0.717, 1.165) is 6.17 Å². The molecule has 0 unspecified atom stereocenters. The molecule has 0 bridgehead atoms. The molecule has 0 rings (SSSR count). The Bertz CT molecular complexity index is 138. The van der Waals surface area contributed by atoms with Crippen LogP contribution < -0.4 is 0 Å². The molecular formula is C6H7F3. The normalized spacial score (nSPS) is 10.9. The quantitative estimate of drug-likeness (QED) is 0.485. The molecule has 0 fully saturated rings. The van der Waals surface area contributed by atoms with E-state index < -0.39 is 11.8 Å². The summed E-state index contributed by atoms with van der Waals surface area (Å²) in [7, 11) is 0. The SMILES string of the molecule is CC(C)(C#CF)C(F)F. The zero-order valence-corrected chi connectivity index (χ0v) is 5.21. The van der Waals surface area contributed by atoms with Crippen molar-refractivity contribution in [1.29, 1.82) is 0 Å². The number of halogens is 3. The fourth-order valence-electron chi connectivity index (χ4n) is 0.176. The Balaban J connectivity index is 4.13. The molecule has 0 heterocycles. The summed E-state index contributed by atoms with van der Waals surface area (Å²) < 4.78 is 34.6. The van der Waals surface area contributed by atoms with Crippen LogP contribution in [0, 0.1) is 17.5 Å². The molecule has 0 saturated heterocycles. The second kappa shape index (κ2) is 2.77. The lowest BCUT2D eigenvalue weighted by atomic mass is 9.96. The van der Waals surface area contributed by atoms with Gasteiger partial charge in [-0.15, -0.1) is 4.39 Å². The Kier molecular flexibility index (Phi) is 2.57. The maximum absolute atomic E-state index is 11.7. The molecular weight excluding hydrogens is 129 g/mol. The van der Waals surface area contributed by atoms with Crippen LogP contribution in [0.25, 0.3) is 0 Å². The third-order valence-electron chi connectivity index (χ3n) is 0.915. The van der Waals surface area contributed by atoms with Crippen LogP contribution in [0.2, 0.25) is 0 Å². The predicted octanol–water partition coefficient (Wildman–Crippen LogP) is 2.21. The van der Waals surface area contributed by atoms with Gasteiger partial charge in [0.25, 0.3) is 6.43 Å². The summed E-state index contributed by atoms with van der Waals surface area (Å²) in [6.45, 7) is 2.37. The van der Waals surface area contributed by atoms with E-state index in [2.05, 4.69) is 0 Å². The zero-order chi connectivity index (χ0) is 7.49. The van der Waals surface area contributed by atoms with Gasteiger partial charge in [0.05, 0.1) is 5.41 Å². The maximum Gasteiger partial charge on any atom is 0.254 e. The van der Waals surface area contributed by atoms with Gasteiger partial charge in [-0.05, 0) is 13.8 Å². The molecule has 0 amide bonds. The van der Waals surface area contributed by atoms with Gasteiger partial charge in [0.15, 0.2) is 0 Å². The van der Waals surface area contributed by atoms with Gasteiger partial charge in [-0.2, -0.15) is 0 Å². The van der Waals surface area contributed by atoms with Gasteiger partial charge in [-0.3, -0.25) is 0 Å². The molecule has 52 valence electrons. The maximum atomic E-state index is 11.7. The van der Waals surface area contributed by atoms with Crippen molar-refractivity contribution >= 4 is 0 Å². The minimum Gasteiger partial charge on any atom is -0.209 e. The fourth-order valence-corrected chi connectivity index (χ4v) is 0.176. The van der Waals surface area contributed by atoms with Crippen molar-refractivity contribution in [2.45, 2.75) is 20.3 Å². The number of hydrogen-bond donors (Lipinski definition) is 0. The largest absolute Gasteiger partial charge is 0.254 e. The first kappa shape index (κ1) is 8.35. The minimum absolute atomic E-state index is 0.959. The highest BCUT2D eigenvalue weighted by Crippen LogP contribution is 2.22. The van der Waals surface area contributed by atoms with Crippen molar-refractivity contribution in [2.75, 3.05) is 0 Å². The molecule has 0 aliphatic carbocycles. The van der Waals surface area contributed by atoms with E-state index >= 15 is 0 Å². The molecule has 0 aromatic rings. The Morgan fingerprint density at radius 3 is 1.89 bits per heavy atom. The highest BCUT2D eigenvalue weighted by Gasteiger charge is 2.27. The average molecular weight is 136 g/mol. The van der Waals surface area contributed by atoms with Gasteiger partial charge >= 0.3 is 0 Å². The van der Waals surface area contributed by atoms with Crippen molar-refractivity contribution in [3.8, 4) is 12.1 Å². The van der Waals surface area contributed by atoms with Gasteiger partial charge in [0, 0.05) is 0 Å². The first-order chi connectivity index (χ1) is 4.00. The standard InChI is InChI=1S/C6H7F3/c1-6(2,3-4-7)5(8)9/h5H,1-2H3. The third-order valence-corrected chi connectivity index (χ3v) is 0.915. The van der Waals surface area contributed by atoms with Crippen molar-refractivity contribution in [2.24, 2.45) is 5.41 Å². The van der Waals surface area contributed by atoms with Crippen LogP contribution in [-0.4, -0.2) is 6.43 Å². The Morgan fingerprint density at radius 2 is 1.78 bits per heavy atom. The van der Waals surface area contributed by atoms with Crippen molar-refractivity contribution in [3.05, 3.63) is 0 Å². The van der Waals surface area contributed by atoms with Crippen LogP contribution in [0.4, 0.5) is 13.2 Å². The average Bonchev–Trinajstić information content (AvgIpc) is 1.65. The van der Waals surface area contributed by atoms with E-state index in [-0.39, 0.29) is 0 Å². The number of alkyl halides is 2. The van der Waals surface area contributed by atoms with Gasteiger partial charge < -0.3 is 0 Å².